The van der Waals surface area contributed by atoms with E-state index >= 15 is 0 Å². The molecular formula is C41H53N5O4. The van der Waals surface area contributed by atoms with Crippen LogP contribution in [-0.4, -0.2) is 56.7 Å². The van der Waals surface area contributed by atoms with Gasteiger partial charge in [0.1, 0.15) is 0 Å². The Kier molecular flexibility index (Phi) is 12.6. The molecule has 2 aliphatic heterocycles. The molecule has 1 fully saturated rings. The number of nitrogens with zero attached hydrogens (tertiary/aromatic N) is 5. The number of aryl methyl sites for hydroxylation is 1. The number of anilines is 2. The molecule has 5 rings (SSSR count). The number of carbonyl (C=O) groups is 2. The number of amides is 2. The SMILES string of the molecule is CC(C)=CCC/C(C)=C/CN1C(=O)[C@](O)([C@H](C)/C=C/CCn2cc(C(CO)c3ccccc3)nn2)c2cc(N3CCCCCCC3=O)ccc21. The van der Waals surface area contributed by atoms with Gasteiger partial charge in [-0.25, -0.2) is 0 Å². The van der Waals surface area contributed by atoms with Crippen LogP contribution in [0.15, 0.2) is 90.2 Å². The number of aliphatic hydroxyl groups excluding tert-OH is 1. The number of aromatic nitrogens is 3. The Morgan fingerprint density at radius 1 is 1.00 bits per heavy atom. The largest absolute Gasteiger partial charge is 0.395 e. The minimum Gasteiger partial charge on any atom is -0.395 e. The van der Waals surface area contributed by atoms with Gasteiger partial charge < -0.3 is 20.0 Å². The van der Waals surface area contributed by atoms with Crippen molar-refractivity contribution < 1.29 is 19.8 Å². The number of rotatable bonds is 14. The predicted molar refractivity (Wildman–Crippen MR) is 199 cm³/mol. The average Bonchev–Trinajstić information content (AvgIpc) is 3.65. The maximum absolute atomic E-state index is 14.2. The number of allylic oxidation sites excluding steroid dienone is 4. The van der Waals surface area contributed by atoms with Crippen LogP contribution in [0.3, 0.4) is 0 Å². The molecule has 1 aromatic heterocycles. The maximum atomic E-state index is 14.2. The summed E-state index contributed by atoms with van der Waals surface area (Å²) in [4.78, 5) is 30.9. The molecule has 9 heteroatoms. The number of aliphatic hydroxyl groups is 2. The molecule has 266 valence electrons. The van der Waals surface area contributed by atoms with Crippen LogP contribution in [0, 0.1) is 5.92 Å². The highest BCUT2D eigenvalue weighted by Gasteiger charge is 2.52. The molecular weight excluding hydrogens is 626 g/mol. The smallest absolute Gasteiger partial charge is 0.264 e. The van der Waals surface area contributed by atoms with Gasteiger partial charge in [0, 0.05) is 49.4 Å². The molecule has 3 heterocycles. The molecule has 0 bridgehead atoms. The van der Waals surface area contributed by atoms with Gasteiger partial charge in [0.25, 0.3) is 5.91 Å². The second kappa shape index (κ2) is 17.1. The molecule has 0 spiro atoms. The van der Waals surface area contributed by atoms with Crippen molar-refractivity contribution in [1.82, 2.24) is 15.0 Å². The Balaban J connectivity index is 1.35. The summed E-state index contributed by atoms with van der Waals surface area (Å²) in [5, 5.41) is 31.0. The topological polar surface area (TPSA) is 112 Å². The summed E-state index contributed by atoms with van der Waals surface area (Å²) >= 11 is 0. The van der Waals surface area contributed by atoms with Crippen molar-refractivity contribution in [1.29, 1.82) is 0 Å². The molecule has 1 saturated heterocycles. The molecule has 0 saturated carbocycles. The van der Waals surface area contributed by atoms with Crippen LogP contribution in [0.5, 0.6) is 0 Å². The predicted octanol–water partition coefficient (Wildman–Crippen LogP) is 7.21. The minimum absolute atomic E-state index is 0.0654. The summed E-state index contributed by atoms with van der Waals surface area (Å²) in [5.74, 6) is -1.06. The highest BCUT2D eigenvalue weighted by molar-refractivity contribution is 6.08. The van der Waals surface area contributed by atoms with Crippen molar-refractivity contribution >= 4 is 23.2 Å². The Bertz CT molecular complexity index is 1710. The number of benzene rings is 2. The number of fused-ring (bicyclic) bond motifs is 1. The quantitative estimate of drug-likeness (QED) is 0.174. The summed E-state index contributed by atoms with van der Waals surface area (Å²) in [7, 11) is 0. The van der Waals surface area contributed by atoms with Gasteiger partial charge in [-0.1, -0.05) is 90.8 Å². The van der Waals surface area contributed by atoms with Crippen LogP contribution in [0.1, 0.15) is 102 Å². The first kappa shape index (κ1) is 36.9. The lowest BCUT2D eigenvalue weighted by molar-refractivity contribution is -0.139. The highest BCUT2D eigenvalue weighted by atomic mass is 16.3. The monoisotopic (exact) mass is 679 g/mol. The molecule has 0 radical (unpaired) electrons. The van der Waals surface area contributed by atoms with Crippen LogP contribution in [0.2, 0.25) is 0 Å². The standard InChI is InChI=1S/C41H53N5O4/c1-30(2)15-14-16-31(3)23-26-46-38-22-21-34(45-25-12-6-5-10-20-39(45)48)27-36(38)41(50,40(46)49)32(4)17-11-13-24-44-28-37(42-43-44)35(29-47)33-18-8-7-9-19-33/h7-9,11,15,17-19,21-23,27-28,32,35,47,50H,5-6,10,12-14,16,20,24-26,29H2,1-4H3/b17-11+,31-23+/t32-,35?,41+/m1/s1. The summed E-state index contributed by atoms with van der Waals surface area (Å²) in [6, 6.07) is 15.4. The van der Waals surface area contributed by atoms with Crippen LogP contribution in [-0.2, 0) is 21.7 Å². The lowest BCUT2D eigenvalue weighted by atomic mass is 9.82. The summed E-state index contributed by atoms with van der Waals surface area (Å²) in [5.41, 5.74) is 4.32. The Morgan fingerprint density at radius 3 is 2.54 bits per heavy atom. The van der Waals surface area contributed by atoms with E-state index in [1.807, 2.05) is 78.7 Å². The van der Waals surface area contributed by atoms with E-state index in [1.165, 1.54) is 11.1 Å². The lowest BCUT2D eigenvalue weighted by Crippen LogP contribution is -2.44. The second-order valence-corrected chi connectivity index (χ2v) is 14.0. The fraction of sp³-hybridized carbons (Fsp3) is 0.463. The normalized spacial score (nSPS) is 19.8. The first-order valence-electron chi connectivity index (χ1n) is 18.1. The van der Waals surface area contributed by atoms with E-state index in [0.717, 1.165) is 49.8 Å². The highest BCUT2D eigenvalue weighted by Crippen LogP contribution is 2.47. The van der Waals surface area contributed by atoms with Crippen molar-refractivity contribution in [3.63, 3.8) is 0 Å². The average molecular weight is 680 g/mol. The van der Waals surface area contributed by atoms with Gasteiger partial charge in [-0.15, -0.1) is 5.10 Å². The number of hydrogen-bond donors (Lipinski definition) is 2. The van der Waals surface area contributed by atoms with E-state index in [9.17, 15) is 19.8 Å². The first-order chi connectivity index (χ1) is 24.1. The third-order valence-electron chi connectivity index (χ3n) is 10.0. The van der Waals surface area contributed by atoms with E-state index in [0.29, 0.717) is 49.4 Å². The Morgan fingerprint density at radius 2 is 1.78 bits per heavy atom. The van der Waals surface area contributed by atoms with Crippen LogP contribution >= 0.6 is 0 Å². The van der Waals surface area contributed by atoms with E-state index in [2.05, 4.69) is 43.2 Å². The third-order valence-corrected chi connectivity index (χ3v) is 10.0. The van der Waals surface area contributed by atoms with Gasteiger partial charge in [0.05, 0.1) is 23.9 Å². The van der Waals surface area contributed by atoms with Crippen LogP contribution in [0.25, 0.3) is 0 Å². The van der Waals surface area contributed by atoms with Crippen molar-refractivity contribution in [2.45, 2.75) is 97.1 Å². The van der Waals surface area contributed by atoms with Crippen molar-refractivity contribution in [2.75, 3.05) is 29.5 Å². The molecule has 3 atom stereocenters. The van der Waals surface area contributed by atoms with E-state index in [-0.39, 0.29) is 24.3 Å². The minimum atomic E-state index is -1.79. The van der Waals surface area contributed by atoms with Crippen LogP contribution in [0.4, 0.5) is 11.4 Å². The zero-order valence-electron chi connectivity index (χ0n) is 30.1. The Hall–Kier alpha value is -4.34. The number of carbonyl (C=O) groups excluding carboxylic acids is 2. The van der Waals surface area contributed by atoms with Gasteiger partial charge in [-0.3, -0.25) is 14.3 Å². The molecule has 0 aliphatic carbocycles. The third kappa shape index (κ3) is 8.50. The van der Waals surface area contributed by atoms with Gasteiger partial charge in [-0.2, -0.15) is 0 Å². The van der Waals surface area contributed by atoms with Crippen molar-refractivity contribution in [3.8, 4) is 0 Å². The van der Waals surface area contributed by atoms with Gasteiger partial charge >= 0.3 is 0 Å². The zero-order chi connectivity index (χ0) is 35.7. The van der Waals surface area contributed by atoms with Crippen LogP contribution < -0.4 is 9.80 Å². The Labute approximate surface area is 297 Å². The molecule has 2 amide bonds. The maximum Gasteiger partial charge on any atom is 0.264 e. The van der Waals surface area contributed by atoms with Crippen molar-refractivity contribution in [2.24, 2.45) is 5.92 Å². The fourth-order valence-electron chi connectivity index (χ4n) is 6.94. The molecule has 9 nitrogen and oxygen atoms in total. The summed E-state index contributed by atoms with van der Waals surface area (Å²) in [6.07, 6.45) is 16.9. The molecule has 1 unspecified atom stereocenters. The lowest BCUT2D eigenvalue weighted by Gasteiger charge is -2.29. The van der Waals surface area contributed by atoms with E-state index < -0.39 is 11.5 Å². The molecule has 2 aromatic carbocycles. The zero-order valence-corrected chi connectivity index (χ0v) is 30.1. The van der Waals surface area contributed by atoms with Gasteiger partial charge in [0.15, 0.2) is 5.60 Å². The van der Waals surface area contributed by atoms with Gasteiger partial charge in [0.2, 0.25) is 5.91 Å². The second-order valence-electron chi connectivity index (χ2n) is 14.0. The molecule has 2 N–H and O–H groups in total. The van der Waals surface area contributed by atoms with Gasteiger partial charge in [-0.05, 0) is 76.6 Å². The summed E-state index contributed by atoms with van der Waals surface area (Å²) < 4.78 is 1.75. The molecule has 2 aliphatic rings. The van der Waals surface area contributed by atoms with Crippen molar-refractivity contribution in [3.05, 3.63) is 107 Å². The van der Waals surface area contributed by atoms with E-state index in [1.54, 1.807) is 9.58 Å². The van der Waals surface area contributed by atoms with E-state index in [4.69, 9.17) is 0 Å². The fourth-order valence-corrected chi connectivity index (χ4v) is 6.94. The molecule has 3 aromatic rings. The molecule has 50 heavy (non-hydrogen) atoms. The first-order valence-corrected chi connectivity index (χ1v) is 18.1. The number of hydrogen-bond acceptors (Lipinski definition) is 6. The summed E-state index contributed by atoms with van der Waals surface area (Å²) in [6.45, 7) is 9.61.